The molecule has 1 unspecified atom stereocenters. The van der Waals surface area contributed by atoms with E-state index in [2.05, 4.69) is 6.92 Å². The van der Waals surface area contributed by atoms with Crippen molar-refractivity contribution in [3.63, 3.8) is 0 Å². The van der Waals surface area contributed by atoms with Crippen molar-refractivity contribution >= 4 is 0 Å². The Morgan fingerprint density at radius 2 is 1.42 bits per heavy atom. The molecule has 2 aliphatic rings. The van der Waals surface area contributed by atoms with Gasteiger partial charge in [-0.15, -0.1) is 0 Å². The molecule has 19 heavy (non-hydrogen) atoms. The number of aliphatic hydroxyl groups excluding tert-OH is 2. The first-order chi connectivity index (χ1) is 9.14. The maximum Gasteiger partial charge on any atom is 0.0540 e. The largest absolute Gasteiger partial charge is 0.396 e. The molecule has 0 aromatic rings. The summed E-state index contributed by atoms with van der Waals surface area (Å²) in [6.07, 6.45) is 14.5. The van der Waals surface area contributed by atoms with E-state index < -0.39 is 0 Å². The van der Waals surface area contributed by atoms with Crippen molar-refractivity contribution in [2.45, 2.75) is 90.1 Å². The summed E-state index contributed by atoms with van der Waals surface area (Å²) in [6, 6.07) is 0. The topological polar surface area (TPSA) is 40.5 Å². The summed E-state index contributed by atoms with van der Waals surface area (Å²) < 4.78 is 0. The molecule has 2 saturated carbocycles. The Morgan fingerprint density at radius 1 is 0.895 bits per heavy atom. The molecule has 0 amide bonds. The van der Waals surface area contributed by atoms with Gasteiger partial charge < -0.3 is 10.2 Å². The van der Waals surface area contributed by atoms with Gasteiger partial charge in [-0.3, -0.25) is 0 Å². The zero-order chi connectivity index (χ0) is 13.8. The van der Waals surface area contributed by atoms with Crippen molar-refractivity contribution in [1.29, 1.82) is 0 Å². The fraction of sp³-hybridized carbons (Fsp3) is 1.00. The van der Waals surface area contributed by atoms with Gasteiger partial charge in [0, 0.05) is 6.61 Å². The Balaban J connectivity index is 1.49. The van der Waals surface area contributed by atoms with Crippen LogP contribution in [0.1, 0.15) is 84.0 Å². The minimum atomic E-state index is -0.0856. The molecule has 0 aromatic carbocycles. The van der Waals surface area contributed by atoms with Gasteiger partial charge in [-0.2, -0.15) is 0 Å². The SMILES string of the molecule is CCC1(CCCC(O)CCCC2(CCO)CC2)CC1. The molecule has 0 radical (unpaired) electrons. The van der Waals surface area contributed by atoms with Crippen molar-refractivity contribution in [3.05, 3.63) is 0 Å². The van der Waals surface area contributed by atoms with E-state index in [1.54, 1.807) is 0 Å². The highest BCUT2D eigenvalue weighted by atomic mass is 16.3. The van der Waals surface area contributed by atoms with E-state index in [0.717, 1.165) is 25.7 Å². The van der Waals surface area contributed by atoms with Gasteiger partial charge >= 0.3 is 0 Å². The molecule has 0 saturated heterocycles. The first-order valence-corrected chi connectivity index (χ1v) is 8.43. The van der Waals surface area contributed by atoms with Crippen LogP contribution in [0.3, 0.4) is 0 Å². The second-order valence-electron chi connectivity index (χ2n) is 7.27. The van der Waals surface area contributed by atoms with Gasteiger partial charge in [-0.05, 0) is 68.6 Å². The molecule has 2 aliphatic carbocycles. The average molecular weight is 268 g/mol. The lowest BCUT2D eigenvalue weighted by Gasteiger charge is -2.16. The Labute approximate surface area is 118 Å². The molecule has 2 N–H and O–H groups in total. The van der Waals surface area contributed by atoms with Gasteiger partial charge in [-0.25, -0.2) is 0 Å². The van der Waals surface area contributed by atoms with E-state index in [-0.39, 0.29) is 6.10 Å². The zero-order valence-corrected chi connectivity index (χ0v) is 12.7. The average Bonchev–Trinajstić information content (AvgIpc) is 3.28. The van der Waals surface area contributed by atoms with Crippen LogP contribution >= 0.6 is 0 Å². The summed E-state index contributed by atoms with van der Waals surface area (Å²) in [5.41, 5.74) is 1.15. The molecule has 112 valence electrons. The number of hydrogen-bond donors (Lipinski definition) is 2. The minimum Gasteiger partial charge on any atom is -0.396 e. The van der Waals surface area contributed by atoms with Crippen LogP contribution in [0.25, 0.3) is 0 Å². The van der Waals surface area contributed by atoms with Crippen LogP contribution < -0.4 is 0 Å². The van der Waals surface area contributed by atoms with E-state index in [9.17, 15) is 5.11 Å². The highest BCUT2D eigenvalue weighted by Gasteiger charge is 2.41. The van der Waals surface area contributed by atoms with Crippen molar-refractivity contribution in [2.75, 3.05) is 6.61 Å². The molecule has 0 aromatic heterocycles. The molecule has 2 fully saturated rings. The third-order valence-electron chi connectivity index (χ3n) is 5.80. The summed E-state index contributed by atoms with van der Waals surface area (Å²) in [5, 5.41) is 19.1. The lowest BCUT2D eigenvalue weighted by Crippen LogP contribution is -2.10. The predicted octanol–water partition coefficient (Wildman–Crippen LogP) is 4.04. The Bertz CT molecular complexity index is 266. The Kier molecular flexibility index (Phi) is 5.30. The summed E-state index contributed by atoms with van der Waals surface area (Å²) >= 11 is 0. The van der Waals surface area contributed by atoms with E-state index >= 15 is 0 Å². The van der Waals surface area contributed by atoms with Crippen LogP contribution in [-0.2, 0) is 0 Å². The highest BCUT2D eigenvalue weighted by Crippen LogP contribution is 2.53. The van der Waals surface area contributed by atoms with Gasteiger partial charge in [0.2, 0.25) is 0 Å². The van der Waals surface area contributed by atoms with Crippen LogP contribution in [0.15, 0.2) is 0 Å². The van der Waals surface area contributed by atoms with Crippen LogP contribution in [0.2, 0.25) is 0 Å². The zero-order valence-electron chi connectivity index (χ0n) is 12.7. The van der Waals surface area contributed by atoms with Gasteiger partial charge in [-0.1, -0.05) is 26.2 Å². The van der Waals surface area contributed by atoms with Gasteiger partial charge in [0.1, 0.15) is 0 Å². The predicted molar refractivity (Wildman–Crippen MR) is 79.0 cm³/mol. The van der Waals surface area contributed by atoms with Gasteiger partial charge in [0.15, 0.2) is 0 Å². The van der Waals surface area contributed by atoms with Crippen LogP contribution in [0.5, 0.6) is 0 Å². The van der Waals surface area contributed by atoms with E-state index in [4.69, 9.17) is 5.11 Å². The maximum atomic E-state index is 10.0. The summed E-state index contributed by atoms with van der Waals surface area (Å²) in [6.45, 7) is 2.64. The van der Waals surface area contributed by atoms with Gasteiger partial charge in [0.05, 0.1) is 6.10 Å². The lowest BCUT2D eigenvalue weighted by molar-refractivity contribution is 0.140. The third kappa shape index (κ3) is 4.75. The van der Waals surface area contributed by atoms with Crippen LogP contribution in [0.4, 0.5) is 0 Å². The molecule has 2 heteroatoms. The fourth-order valence-electron chi connectivity index (χ4n) is 3.57. The van der Waals surface area contributed by atoms with Crippen molar-refractivity contribution in [2.24, 2.45) is 10.8 Å². The normalized spacial score (nSPS) is 24.2. The molecular weight excluding hydrogens is 236 g/mol. The van der Waals surface area contributed by atoms with Crippen LogP contribution in [0, 0.1) is 10.8 Å². The second-order valence-corrected chi connectivity index (χ2v) is 7.27. The quantitative estimate of drug-likeness (QED) is 0.593. The summed E-state index contributed by atoms with van der Waals surface area (Å²) in [4.78, 5) is 0. The number of rotatable bonds is 11. The smallest absolute Gasteiger partial charge is 0.0540 e. The molecule has 0 spiro atoms. The first kappa shape index (κ1) is 15.3. The van der Waals surface area contributed by atoms with Crippen molar-refractivity contribution < 1.29 is 10.2 Å². The summed E-state index contributed by atoms with van der Waals surface area (Å²) in [5.74, 6) is 0. The van der Waals surface area contributed by atoms with Crippen molar-refractivity contribution in [1.82, 2.24) is 0 Å². The third-order valence-corrected chi connectivity index (χ3v) is 5.80. The molecular formula is C17H32O2. The Morgan fingerprint density at radius 3 is 1.84 bits per heavy atom. The molecule has 0 aliphatic heterocycles. The molecule has 0 bridgehead atoms. The highest BCUT2D eigenvalue weighted by molar-refractivity contribution is 4.93. The van der Waals surface area contributed by atoms with Crippen molar-refractivity contribution in [3.8, 4) is 0 Å². The van der Waals surface area contributed by atoms with E-state index in [0.29, 0.717) is 17.4 Å². The Hall–Kier alpha value is -0.0800. The van der Waals surface area contributed by atoms with Crippen LogP contribution in [-0.4, -0.2) is 22.9 Å². The van der Waals surface area contributed by atoms with E-state index in [1.807, 2.05) is 0 Å². The maximum absolute atomic E-state index is 10.0. The standard InChI is InChI=1S/C17H32O2/c1-2-16(9-10-16)7-3-5-15(19)6-4-8-17(11-12-17)13-14-18/h15,18-19H,2-14H2,1H3. The summed E-state index contributed by atoms with van der Waals surface area (Å²) in [7, 11) is 0. The number of hydrogen-bond acceptors (Lipinski definition) is 2. The lowest BCUT2D eigenvalue weighted by atomic mass is 9.92. The molecule has 0 heterocycles. The number of aliphatic hydroxyl groups is 2. The fourth-order valence-corrected chi connectivity index (χ4v) is 3.57. The minimum absolute atomic E-state index is 0.0856. The molecule has 2 nitrogen and oxygen atoms in total. The first-order valence-electron chi connectivity index (χ1n) is 8.43. The monoisotopic (exact) mass is 268 g/mol. The second kappa shape index (κ2) is 6.58. The van der Waals surface area contributed by atoms with Gasteiger partial charge in [0.25, 0.3) is 0 Å². The van der Waals surface area contributed by atoms with E-state index in [1.165, 1.54) is 51.4 Å². The molecule has 1 atom stereocenters. The molecule has 2 rings (SSSR count).